The van der Waals surface area contributed by atoms with Gasteiger partial charge in [0.05, 0.1) is 20.3 Å². The molecule has 0 saturated heterocycles. The van der Waals surface area contributed by atoms with Crippen LogP contribution in [0.25, 0.3) is 0 Å². The standard InChI is InChI=1S/C21H25NO3/c1-24-16-12-13-20(25-2)18(14-16)21(17-10-6-7-11-19(17)23)22-15-8-4-3-5-9-15/h3-5,8-9,12-14,17,21-22H,6-7,10-11H2,1-2H3/t17-,21-/m1/s1. The van der Waals surface area contributed by atoms with Crippen molar-refractivity contribution in [1.29, 1.82) is 0 Å². The summed E-state index contributed by atoms with van der Waals surface area (Å²) >= 11 is 0. The predicted molar refractivity (Wildman–Crippen MR) is 99.3 cm³/mol. The summed E-state index contributed by atoms with van der Waals surface area (Å²) in [4.78, 5) is 12.6. The van der Waals surface area contributed by atoms with Gasteiger partial charge in [-0.25, -0.2) is 0 Å². The SMILES string of the molecule is COc1ccc(OC)c([C@H](Nc2ccccc2)[C@@H]2CCCCC2=O)c1. The van der Waals surface area contributed by atoms with E-state index >= 15 is 0 Å². The molecule has 4 heteroatoms. The van der Waals surface area contributed by atoms with Crippen LogP contribution in [0.1, 0.15) is 37.3 Å². The van der Waals surface area contributed by atoms with E-state index in [1.165, 1.54) is 0 Å². The molecule has 132 valence electrons. The van der Waals surface area contributed by atoms with Gasteiger partial charge in [-0.15, -0.1) is 0 Å². The maximum atomic E-state index is 12.6. The Hall–Kier alpha value is -2.49. The van der Waals surface area contributed by atoms with E-state index in [0.717, 1.165) is 42.0 Å². The van der Waals surface area contributed by atoms with Crippen molar-refractivity contribution in [3.05, 3.63) is 54.1 Å². The van der Waals surface area contributed by atoms with Gasteiger partial charge < -0.3 is 14.8 Å². The fourth-order valence-electron chi connectivity index (χ4n) is 3.55. The molecule has 1 saturated carbocycles. The molecule has 1 N–H and O–H groups in total. The van der Waals surface area contributed by atoms with Crippen LogP contribution < -0.4 is 14.8 Å². The first-order valence-corrected chi connectivity index (χ1v) is 8.79. The molecular weight excluding hydrogens is 314 g/mol. The Kier molecular flexibility index (Phi) is 5.59. The normalized spacial score (nSPS) is 18.5. The molecule has 0 unspecified atom stereocenters. The minimum absolute atomic E-state index is 0.0602. The number of benzene rings is 2. The minimum atomic E-state index is -0.139. The van der Waals surface area contributed by atoms with Gasteiger partial charge in [-0.3, -0.25) is 4.79 Å². The van der Waals surface area contributed by atoms with Gasteiger partial charge in [-0.1, -0.05) is 24.6 Å². The Morgan fingerprint density at radius 3 is 2.52 bits per heavy atom. The van der Waals surface area contributed by atoms with Gasteiger partial charge in [-0.05, 0) is 43.2 Å². The fraction of sp³-hybridized carbons (Fsp3) is 0.381. The Labute approximate surface area is 149 Å². The van der Waals surface area contributed by atoms with Gasteiger partial charge in [0.2, 0.25) is 0 Å². The lowest BCUT2D eigenvalue weighted by atomic mass is 9.79. The second-order valence-corrected chi connectivity index (χ2v) is 6.41. The summed E-state index contributed by atoms with van der Waals surface area (Å²) in [5.74, 6) is 1.80. The van der Waals surface area contributed by atoms with E-state index in [0.29, 0.717) is 12.2 Å². The lowest BCUT2D eigenvalue weighted by molar-refractivity contribution is -0.125. The van der Waals surface area contributed by atoms with E-state index in [2.05, 4.69) is 5.32 Å². The smallest absolute Gasteiger partial charge is 0.138 e. The van der Waals surface area contributed by atoms with Crippen molar-refractivity contribution in [2.24, 2.45) is 5.92 Å². The zero-order valence-corrected chi connectivity index (χ0v) is 14.8. The molecule has 0 heterocycles. The third-order valence-electron chi connectivity index (χ3n) is 4.87. The van der Waals surface area contributed by atoms with Crippen molar-refractivity contribution in [2.45, 2.75) is 31.7 Å². The second-order valence-electron chi connectivity index (χ2n) is 6.41. The maximum absolute atomic E-state index is 12.6. The van der Waals surface area contributed by atoms with Crippen molar-refractivity contribution in [3.63, 3.8) is 0 Å². The van der Waals surface area contributed by atoms with E-state index in [9.17, 15) is 4.79 Å². The van der Waals surface area contributed by atoms with E-state index in [1.807, 2.05) is 48.5 Å². The van der Waals surface area contributed by atoms with Crippen molar-refractivity contribution >= 4 is 11.5 Å². The van der Waals surface area contributed by atoms with Gasteiger partial charge >= 0.3 is 0 Å². The number of methoxy groups -OCH3 is 2. The summed E-state index contributed by atoms with van der Waals surface area (Å²) in [6.45, 7) is 0. The molecule has 0 amide bonds. The first-order chi connectivity index (χ1) is 12.2. The fourth-order valence-corrected chi connectivity index (χ4v) is 3.55. The number of ether oxygens (including phenoxy) is 2. The first-order valence-electron chi connectivity index (χ1n) is 8.79. The number of carbonyl (C=O) groups excluding carboxylic acids is 1. The highest BCUT2D eigenvalue weighted by Crippen LogP contribution is 2.40. The topological polar surface area (TPSA) is 47.6 Å². The Morgan fingerprint density at radius 1 is 1.04 bits per heavy atom. The minimum Gasteiger partial charge on any atom is -0.497 e. The lowest BCUT2D eigenvalue weighted by Crippen LogP contribution is -2.30. The highest BCUT2D eigenvalue weighted by atomic mass is 16.5. The Balaban J connectivity index is 2.02. The van der Waals surface area contributed by atoms with Gasteiger partial charge in [0.15, 0.2) is 0 Å². The Morgan fingerprint density at radius 2 is 1.84 bits per heavy atom. The number of Topliss-reactive ketones (excluding diaryl/α,β-unsaturated/α-hetero) is 1. The maximum Gasteiger partial charge on any atom is 0.138 e. The van der Waals surface area contributed by atoms with Crippen LogP contribution in [0.2, 0.25) is 0 Å². The van der Waals surface area contributed by atoms with Crippen molar-refractivity contribution in [3.8, 4) is 11.5 Å². The predicted octanol–water partition coefficient (Wildman–Crippen LogP) is 4.62. The van der Waals surface area contributed by atoms with E-state index in [1.54, 1.807) is 14.2 Å². The number of anilines is 1. The van der Waals surface area contributed by atoms with Crippen LogP contribution in [0.15, 0.2) is 48.5 Å². The third-order valence-corrected chi connectivity index (χ3v) is 4.87. The van der Waals surface area contributed by atoms with Gasteiger partial charge in [0.1, 0.15) is 17.3 Å². The third kappa shape index (κ3) is 3.95. The largest absolute Gasteiger partial charge is 0.497 e. The quantitative estimate of drug-likeness (QED) is 0.834. The van der Waals surface area contributed by atoms with E-state index < -0.39 is 0 Å². The molecule has 4 nitrogen and oxygen atoms in total. The molecule has 2 aromatic carbocycles. The molecule has 25 heavy (non-hydrogen) atoms. The summed E-state index contributed by atoms with van der Waals surface area (Å²) in [6.07, 6.45) is 3.62. The number of hydrogen-bond acceptors (Lipinski definition) is 4. The lowest BCUT2D eigenvalue weighted by Gasteiger charge is -2.32. The van der Waals surface area contributed by atoms with Crippen molar-refractivity contribution < 1.29 is 14.3 Å². The number of ketones is 1. The average Bonchev–Trinajstić information content (AvgIpc) is 2.67. The highest BCUT2D eigenvalue weighted by Gasteiger charge is 2.33. The van der Waals surface area contributed by atoms with Crippen LogP contribution in [-0.4, -0.2) is 20.0 Å². The number of rotatable bonds is 6. The van der Waals surface area contributed by atoms with Crippen LogP contribution in [0.5, 0.6) is 11.5 Å². The summed E-state index contributed by atoms with van der Waals surface area (Å²) in [5, 5.41) is 3.57. The van der Waals surface area contributed by atoms with Crippen LogP contribution in [0.3, 0.4) is 0 Å². The van der Waals surface area contributed by atoms with Gasteiger partial charge in [0.25, 0.3) is 0 Å². The van der Waals surface area contributed by atoms with Crippen molar-refractivity contribution in [2.75, 3.05) is 19.5 Å². The number of carbonyl (C=O) groups is 1. The summed E-state index contributed by atoms with van der Waals surface area (Å²) in [7, 11) is 3.31. The molecule has 3 rings (SSSR count). The molecule has 0 spiro atoms. The molecule has 1 aliphatic carbocycles. The monoisotopic (exact) mass is 339 g/mol. The highest BCUT2D eigenvalue weighted by molar-refractivity contribution is 5.83. The molecule has 0 bridgehead atoms. The Bertz CT molecular complexity index is 714. The average molecular weight is 339 g/mol. The number of hydrogen-bond donors (Lipinski definition) is 1. The van der Waals surface area contributed by atoms with Crippen molar-refractivity contribution in [1.82, 2.24) is 0 Å². The molecule has 0 aromatic heterocycles. The molecule has 0 radical (unpaired) electrons. The number of para-hydroxylation sites is 1. The van der Waals surface area contributed by atoms with E-state index in [-0.39, 0.29) is 12.0 Å². The number of nitrogens with one attached hydrogen (secondary N) is 1. The van der Waals surface area contributed by atoms with Crippen LogP contribution >= 0.6 is 0 Å². The summed E-state index contributed by atoms with van der Waals surface area (Å²) in [5.41, 5.74) is 1.96. The zero-order chi connectivity index (χ0) is 17.6. The van der Waals surface area contributed by atoms with Crippen LogP contribution in [0, 0.1) is 5.92 Å². The molecule has 2 atom stereocenters. The van der Waals surface area contributed by atoms with Gasteiger partial charge in [-0.2, -0.15) is 0 Å². The summed E-state index contributed by atoms with van der Waals surface area (Å²) < 4.78 is 11.0. The summed E-state index contributed by atoms with van der Waals surface area (Å²) in [6, 6.07) is 15.6. The zero-order valence-electron chi connectivity index (χ0n) is 14.8. The van der Waals surface area contributed by atoms with Crippen LogP contribution in [0.4, 0.5) is 5.69 Å². The first kappa shape index (κ1) is 17.3. The van der Waals surface area contributed by atoms with Gasteiger partial charge in [0, 0.05) is 23.6 Å². The molecule has 1 aliphatic rings. The van der Waals surface area contributed by atoms with E-state index in [4.69, 9.17) is 9.47 Å². The second kappa shape index (κ2) is 8.06. The molecule has 0 aliphatic heterocycles. The molecule has 1 fully saturated rings. The molecular formula is C21H25NO3. The molecule has 2 aromatic rings. The van der Waals surface area contributed by atoms with Crippen LogP contribution in [-0.2, 0) is 4.79 Å².